The summed E-state index contributed by atoms with van der Waals surface area (Å²) in [6, 6.07) is 1.55. The molecule has 98 valence electrons. The van der Waals surface area contributed by atoms with Crippen molar-refractivity contribution in [2.75, 3.05) is 19.1 Å². The van der Waals surface area contributed by atoms with E-state index in [0.717, 1.165) is 11.4 Å². The maximum atomic E-state index is 12.2. The second kappa shape index (κ2) is 5.90. The maximum Gasteiger partial charge on any atom is 0.244 e. The number of aromatic nitrogens is 1. The molecular formula is C10H19N3O2S2. The van der Waals surface area contributed by atoms with Crippen LogP contribution in [0.15, 0.2) is 17.2 Å². The van der Waals surface area contributed by atoms with Crippen molar-refractivity contribution in [1.82, 2.24) is 9.29 Å². The van der Waals surface area contributed by atoms with E-state index in [1.165, 1.54) is 10.5 Å². The number of H-pyrrole nitrogens is 1. The van der Waals surface area contributed by atoms with E-state index in [2.05, 4.69) is 4.98 Å². The van der Waals surface area contributed by atoms with E-state index >= 15 is 0 Å². The van der Waals surface area contributed by atoms with Crippen molar-refractivity contribution in [3.05, 3.63) is 18.0 Å². The highest BCUT2D eigenvalue weighted by Crippen LogP contribution is 2.18. The highest BCUT2D eigenvalue weighted by atomic mass is 32.2. The molecule has 0 saturated heterocycles. The lowest BCUT2D eigenvalue weighted by atomic mass is 10.4. The van der Waals surface area contributed by atoms with Gasteiger partial charge in [0.1, 0.15) is 0 Å². The molecular weight excluding hydrogens is 258 g/mol. The molecule has 0 aliphatic rings. The van der Waals surface area contributed by atoms with E-state index in [9.17, 15) is 8.42 Å². The number of thioether (sulfide) groups is 1. The number of hydrogen-bond donors (Lipinski definition) is 2. The lowest BCUT2D eigenvalue weighted by Crippen LogP contribution is -2.36. The lowest BCUT2D eigenvalue weighted by molar-refractivity contribution is 0.415. The van der Waals surface area contributed by atoms with Crippen LogP contribution >= 0.6 is 11.8 Å². The Hall–Kier alpha value is -0.500. The van der Waals surface area contributed by atoms with Crippen molar-refractivity contribution < 1.29 is 8.42 Å². The first-order valence-corrected chi connectivity index (χ1v) is 8.11. The smallest absolute Gasteiger partial charge is 0.244 e. The average molecular weight is 277 g/mol. The van der Waals surface area contributed by atoms with E-state index in [4.69, 9.17) is 5.73 Å². The summed E-state index contributed by atoms with van der Waals surface area (Å²) in [7, 11) is -1.81. The molecule has 17 heavy (non-hydrogen) atoms. The maximum absolute atomic E-state index is 12.2. The number of nitrogens with two attached hydrogens (primary N) is 1. The van der Waals surface area contributed by atoms with Gasteiger partial charge < -0.3 is 10.7 Å². The highest BCUT2D eigenvalue weighted by Gasteiger charge is 2.25. The topological polar surface area (TPSA) is 79.2 Å². The number of nitrogens with zero attached hydrogens (tertiary/aromatic N) is 1. The third-order valence-corrected chi connectivity index (χ3v) is 5.41. The zero-order chi connectivity index (χ0) is 13.1. The zero-order valence-corrected chi connectivity index (χ0v) is 11.9. The van der Waals surface area contributed by atoms with E-state index in [0.29, 0.717) is 6.54 Å². The Morgan fingerprint density at radius 1 is 1.59 bits per heavy atom. The second-order valence-electron chi connectivity index (χ2n) is 3.89. The van der Waals surface area contributed by atoms with Gasteiger partial charge in [-0.25, -0.2) is 8.42 Å². The molecule has 7 heteroatoms. The summed E-state index contributed by atoms with van der Waals surface area (Å²) < 4.78 is 25.9. The minimum absolute atomic E-state index is 0.0359. The van der Waals surface area contributed by atoms with Crippen LogP contribution in [-0.4, -0.2) is 42.8 Å². The molecule has 0 bridgehead atoms. The van der Waals surface area contributed by atoms with Gasteiger partial charge in [-0.2, -0.15) is 16.1 Å². The van der Waals surface area contributed by atoms with Crippen molar-refractivity contribution in [2.45, 2.75) is 24.4 Å². The lowest BCUT2D eigenvalue weighted by Gasteiger charge is -2.22. The first-order valence-electron chi connectivity index (χ1n) is 5.27. The van der Waals surface area contributed by atoms with Crippen molar-refractivity contribution in [1.29, 1.82) is 0 Å². The van der Waals surface area contributed by atoms with Crippen LogP contribution in [0.1, 0.15) is 12.6 Å². The van der Waals surface area contributed by atoms with Crippen LogP contribution in [0.2, 0.25) is 0 Å². The van der Waals surface area contributed by atoms with Crippen LogP contribution in [0.25, 0.3) is 0 Å². The normalized spacial score (nSPS) is 14.2. The van der Waals surface area contributed by atoms with Crippen molar-refractivity contribution in [3.63, 3.8) is 0 Å². The number of nitrogens with one attached hydrogen (secondary N) is 1. The molecule has 5 nitrogen and oxygen atoms in total. The van der Waals surface area contributed by atoms with Crippen molar-refractivity contribution in [2.24, 2.45) is 5.73 Å². The monoisotopic (exact) mass is 277 g/mol. The summed E-state index contributed by atoms with van der Waals surface area (Å²) in [4.78, 5) is 3.12. The Morgan fingerprint density at radius 3 is 2.71 bits per heavy atom. The quantitative estimate of drug-likeness (QED) is 0.808. The Bertz CT molecular complexity index is 456. The number of sulfonamides is 1. The standard InChI is InChI=1S/C10H19N3O2S2/c1-8(7-16-3)13(2)17(14,15)10-4-9(5-11)12-6-10/h4,6,8,12H,5,7,11H2,1-3H3. The van der Waals surface area contributed by atoms with Gasteiger partial charge in [0.2, 0.25) is 10.0 Å². The minimum atomic E-state index is -3.42. The van der Waals surface area contributed by atoms with Gasteiger partial charge in [0.25, 0.3) is 0 Å². The molecule has 1 aromatic rings. The van der Waals surface area contributed by atoms with Gasteiger partial charge in [-0.3, -0.25) is 0 Å². The molecule has 0 aliphatic carbocycles. The molecule has 0 radical (unpaired) electrons. The van der Waals surface area contributed by atoms with Crippen LogP contribution < -0.4 is 5.73 Å². The summed E-state index contributed by atoms with van der Waals surface area (Å²) in [5.41, 5.74) is 6.16. The summed E-state index contributed by atoms with van der Waals surface area (Å²) in [6.45, 7) is 2.20. The molecule has 0 aliphatic heterocycles. The Morgan fingerprint density at radius 2 is 2.24 bits per heavy atom. The number of aromatic amines is 1. The van der Waals surface area contributed by atoms with Crippen molar-refractivity contribution in [3.8, 4) is 0 Å². The van der Waals surface area contributed by atoms with E-state index < -0.39 is 10.0 Å². The largest absolute Gasteiger partial charge is 0.363 e. The predicted molar refractivity (Wildman–Crippen MR) is 71.5 cm³/mol. The van der Waals surface area contributed by atoms with Crippen LogP contribution in [0, 0.1) is 0 Å². The molecule has 3 N–H and O–H groups in total. The molecule has 0 spiro atoms. The third kappa shape index (κ3) is 3.25. The fourth-order valence-electron chi connectivity index (χ4n) is 1.43. The highest BCUT2D eigenvalue weighted by molar-refractivity contribution is 7.98. The molecule has 1 atom stereocenters. The predicted octanol–water partition coefficient (Wildman–Crippen LogP) is 0.845. The first kappa shape index (κ1) is 14.6. The summed E-state index contributed by atoms with van der Waals surface area (Å²) in [6.07, 6.45) is 3.44. The van der Waals surface area contributed by atoms with Crippen LogP contribution in [0.4, 0.5) is 0 Å². The number of rotatable bonds is 6. The van der Waals surface area contributed by atoms with Gasteiger partial charge in [-0.15, -0.1) is 0 Å². The first-order chi connectivity index (χ1) is 7.93. The Balaban J connectivity index is 2.94. The van der Waals surface area contributed by atoms with Crippen molar-refractivity contribution >= 4 is 21.8 Å². The molecule has 0 fully saturated rings. The Labute approximate surface area is 107 Å². The Kier molecular flexibility index (Phi) is 5.05. The number of hydrogen-bond acceptors (Lipinski definition) is 4. The van der Waals surface area contributed by atoms with Crippen LogP contribution in [-0.2, 0) is 16.6 Å². The minimum Gasteiger partial charge on any atom is -0.363 e. The van der Waals surface area contributed by atoms with Crippen LogP contribution in [0.5, 0.6) is 0 Å². The van der Waals surface area contributed by atoms with E-state index in [1.807, 2.05) is 13.2 Å². The average Bonchev–Trinajstić information content (AvgIpc) is 2.77. The third-order valence-electron chi connectivity index (χ3n) is 2.64. The fraction of sp³-hybridized carbons (Fsp3) is 0.600. The SMILES string of the molecule is CSCC(C)N(C)S(=O)(=O)c1c[nH]c(CN)c1. The molecule has 0 amide bonds. The van der Waals surface area contributed by atoms with Crippen LogP contribution in [0.3, 0.4) is 0 Å². The summed E-state index contributed by atoms with van der Waals surface area (Å²) in [5.74, 6) is 0.768. The van der Waals surface area contributed by atoms with Gasteiger partial charge in [0, 0.05) is 37.3 Å². The molecule has 1 unspecified atom stereocenters. The van der Waals surface area contributed by atoms with Gasteiger partial charge >= 0.3 is 0 Å². The van der Waals surface area contributed by atoms with Gasteiger partial charge in [-0.1, -0.05) is 0 Å². The second-order valence-corrected chi connectivity index (χ2v) is 6.80. The van der Waals surface area contributed by atoms with E-state index in [-0.39, 0.29) is 10.9 Å². The fourth-order valence-corrected chi connectivity index (χ4v) is 3.62. The molecule has 1 aromatic heterocycles. The van der Waals surface area contributed by atoms with Gasteiger partial charge in [0.05, 0.1) is 4.90 Å². The molecule has 1 heterocycles. The molecule has 1 rings (SSSR count). The zero-order valence-electron chi connectivity index (χ0n) is 10.3. The summed E-state index contributed by atoms with van der Waals surface area (Å²) in [5, 5.41) is 0. The van der Waals surface area contributed by atoms with Gasteiger partial charge in [0.15, 0.2) is 0 Å². The summed E-state index contributed by atoms with van der Waals surface area (Å²) >= 11 is 1.63. The molecule has 0 aromatic carbocycles. The molecule has 0 saturated carbocycles. The van der Waals surface area contributed by atoms with Gasteiger partial charge in [-0.05, 0) is 19.2 Å². The van der Waals surface area contributed by atoms with E-state index in [1.54, 1.807) is 24.9 Å².